The maximum atomic E-state index is 6.03. The maximum Gasteiger partial charge on any atom is 0.191 e. The minimum Gasteiger partial charge on any atom is -0.489 e. The Bertz CT molecular complexity index is 571. The quantitative estimate of drug-likeness (QED) is 0.350. The van der Waals surface area contributed by atoms with Crippen molar-refractivity contribution in [1.29, 1.82) is 0 Å². The zero-order valence-corrected chi connectivity index (χ0v) is 19.8. The van der Waals surface area contributed by atoms with E-state index in [1.807, 2.05) is 25.2 Å². The van der Waals surface area contributed by atoms with E-state index in [9.17, 15) is 0 Å². The number of para-hydroxylation sites is 1. The lowest BCUT2D eigenvalue weighted by atomic mass is 10.0. The summed E-state index contributed by atoms with van der Waals surface area (Å²) < 4.78 is 6.03. The fourth-order valence-electron chi connectivity index (χ4n) is 3.35. The molecule has 2 rings (SSSR count). The van der Waals surface area contributed by atoms with Crippen LogP contribution in [0.15, 0.2) is 29.3 Å². The van der Waals surface area contributed by atoms with Gasteiger partial charge in [-0.25, -0.2) is 0 Å². The third-order valence-corrected chi connectivity index (χ3v) is 4.75. The fraction of sp³-hybridized carbons (Fsp3) is 0.667. The van der Waals surface area contributed by atoms with Crippen molar-refractivity contribution in [3.05, 3.63) is 29.8 Å². The van der Waals surface area contributed by atoms with Gasteiger partial charge in [0.1, 0.15) is 11.9 Å². The summed E-state index contributed by atoms with van der Waals surface area (Å²) in [6, 6.07) is 8.63. The summed E-state index contributed by atoms with van der Waals surface area (Å²) in [5, 5.41) is 6.97. The molecule has 6 heteroatoms. The van der Waals surface area contributed by atoms with E-state index >= 15 is 0 Å². The highest BCUT2D eigenvalue weighted by molar-refractivity contribution is 14.0. The normalized spacial score (nSPS) is 17.3. The third-order valence-electron chi connectivity index (χ3n) is 4.75. The summed E-state index contributed by atoms with van der Waals surface area (Å²) in [6.07, 6.45) is 2.41. The molecule has 0 amide bonds. The number of piperidine rings is 1. The topological polar surface area (TPSA) is 48.9 Å². The number of guanidine groups is 1. The molecule has 154 valence electrons. The van der Waals surface area contributed by atoms with Crippen molar-refractivity contribution >= 4 is 29.9 Å². The first-order chi connectivity index (χ1) is 12.5. The average molecular weight is 488 g/mol. The van der Waals surface area contributed by atoms with Crippen LogP contribution < -0.4 is 15.4 Å². The molecule has 1 saturated heterocycles. The fourth-order valence-corrected chi connectivity index (χ4v) is 3.35. The average Bonchev–Trinajstić information content (AvgIpc) is 2.61. The van der Waals surface area contributed by atoms with Crippen LogP contribution in [-0.4, -0.2) is 56.2 Å². The van der Waals surface area contributed by atoms with Crippen molar-refractivity contribution in [3.63, 3.8) is 0 Å². The predicted molar refractivity (Wildman–Crippen MR) is 125 cm³/mol. The molecular weight excluding hydrogens is 451 g/mol. The lowest BCUT2D eigenvalue weighted by Crippen LogP contribution is -2.50. The first-order valence-corrected chi connectivity index (χ1v) is 9.89. The Balaban J connectivity index is 0.00000364. The summed E-state index contributed by atoms with van der Waals surface area (Å²) >= 11 is 0. The van der Waals surface area contributed by atoms with Crippen LogP contribution in [0.4, 0.5) is 0 Å². The molecule has 0 saturated carbocycles. The Labute approximate surface area is 182 Å². The monoisotopic (exact) mass is 488 g/mol. The van der Waals surface area contributed by atoms with Gasteiger partial charge in [0.05, 0.1) is 6.54 Å². The van der Waals surface area contributed by atoms with Crippen LogP contribution in [0.25, 0.3) is 0 Å². The molecule has 1 atom stereocenters. The first-order valence-electron chi connectivity index (χ1n) is 9.89. The van der Waals surface area contributed by atoms with Gasteiger partial charge < -0.3 is 20.3 Å². The molecule has 1 aliphatic heterocycles. The van der Waals surface area contributed by atoms with Gasteiger partial charge in [-0.3, -0.25) is 4.99 Å². The summed E-state index contributed by atoms with van der Waals surface area (Å²) in [5.41, 5.74) is 1.16. The zero-order chi connectivity index (χ0) is 18.9. The first kappa shape index (κ1) is 24.0. The van der Waals surface area contributed by atoms with Gasteiger partial charge in [-0.1, -0.05) is 32.0 Å². The summed E-state index contributed by atoms with van der Waals surface area (Å²) in [5.74, 6) is 2.55. The highest BCUT2D eigenvalue weighted by Gasteiger charge is 2.20. The van der Waals surface area contributed by atoms with Crippen molar-refractivity contribution < 1.29 is 4.74 Å². The standard InChI is InChI=1S/C21H36N4O.HI/c1-16(2)15-25-12-10-19(11-13-25)24-21(22-5)23-14-18(4)26-20-9-7-6-8-17(20)3;/h6-9,16,18-19H,10-15H2,1-5H3,(H2,22,23,24);1H. The van der Waals surface area contributed by atoms with Crippen LogP contribution in [0.3, 0.4) is 0 Å². The number of nitrogens with zero attached hydrogens (tertiary/aromatic N) is 2. The lowest BCUT2D eigenvalue weighted by molar-refractivity contribution is 0.186. The number of aryl methyl sites for hydroxylation is 1. The van der Waals surface area contributed by atoms with E-state index in [1.165, 1.54) is 32.5 Å². The highest BCUT2D eigenvalue weighted by Crippen LogP contribution is 2.17. The van der Waals surface area contributed by atoms with E-state index in [1.54, 1.807) is 0 Å². The van der Waals surface area contributed by atoms with Crippen molar-refractivity contribution in [1.82, 2.24) is 15.5 Å². The Kier molecular flexibility index (Phi) is 11.1. The Morgan fingerprint density at radius 3 is 2.48 bits per heavy atom. The van der Waals surface area contributed by atoms with Crippen molar-refractivity contribution in [3.8, 4) is 5.75 Å². The zero-order valence-electron chi connectivity index (χ0n) is 17.5. The molecule has 1 unspecified atom stereocenters. The molecule has 2 N–H and O–H groups in total. The van der Waals surface area contributed by atoms with Crippen LogP contribution >= 0.6 is 24.0 Å². The molecule has 0 radical (unpaired) electrons. The van der Waals surface area contributed by atoms with Crippen LogP contribution in [-0.2, 0) is 0 Å². The van der Waals surface area contributed by atoms with Gasteiger partial charge >= 0.3 is 0 Å². The highest BCUT2D eigenvalue weighted by atomic mass is 127. The minimum absolute atomic E-state index is 0. The van der Waals surface area contributed by atoms with Crippen molar-refractivity contribution in [2.45, 2.75) is 52.7 Å². The number of benzene rings is 1. The largest absolute Gasteiger partial charge is 0.489 e. The number of ether oxygens (including phenoxy) is 1. The molecule has 1 aromatic rings. The van der Waals surface area contributed by atoms with Crippen molar-refractivity contribution in [2.24, 2.45) is 10.9 Å². The smallest absolute Gasteiger partial charge is 0.191 e. The third kappa shape index (κ3) is 8.68. The van der Waals surface area contributed by atoms with Crippen molar-refractivity contribution in [2.75, 3.05) is 33.2 Å². The Morgan fingerprint density at radius 2 is 1.89 bits per heavy atom. The SMILES string of the molecule is CN=C(NCC(C)Oc1ccccc1C)NC1CCN(CC(C)C)CC1.I. The summed E-state index contributed by atoms with van der Waals surface area (Å²) in [7, 11) is 1.83. The van der Waals surface area contributed by atoms with E-state index < -0.39 is 0 Å². The number of nitrogens with one attached hydrogen (secondary N) is 2. The molecule has 0 bridgehead atoms. The van der Waals surface area contributed by atoms with Gasteiger partial charge in [0.2, 0.25) is 0 Å². The second-order valence-electron chi connectivity index (χ2n) is 7.76. The van der Waals surface area contributed by atoms with Gasteiger partial charge in [-0.15, -0.1) is 24.0 Å². The molecule has 1 aromatic carbocycles. The molecule has 0 aliphatic carbocycles. The van der Waals surface area contributed by atoms with Crippen LogP contribution in [0, 0.1) is 12.8 Å². The van der Waals surface area contributed by atoms with Gasteiger partial charge in [0, 0.05) is 32.7 Å². The Morgan fingerprint density at radius 1 is 1.22 bits per heavy atom. The molecule has 0 spiro atoms. The number of hydrogen-bond acceptors (Lipinski definition) is 3. The molecule has 1 aliphatic rings. The van der Waals surface area contributed by atoms with Gasteiger partial charge in [-0.2, -0.15) is 0 Å². The second kappa shape index (κ2) is 12.4. The Hall–Kier alpha value is -1.02. The van der Waals surface area contributed by atoms with E-state index in [-0.39, 0.29) is 30.1 Å². The second-order valence-corrected chi connectivity index (χ2v) is 7.76. The molecular formula is C21H37IN4O. The summed E-state index contributed by atoms with van der Waals surface area (Å²) in [6.45, 7) is 13.0. The lowest BCUT2D eigenvalue weighted by Gasteiger charge is -2.34. The number of halogens is 1. The molecule has 1 heterocycles. The predicted octanol–water partition coefficient (Wildman–Crippen LogP) is 3.67. The molecule has 1 fully saturated rings. The van der Waals surface area contributed by atoms with E-state index in [0.717, 1.165) is 29.7 Å². The number of rotatable bonds is 7. The van der Waals surface area contributed by atoms with Gasteiger partial charge in [-0.05, 0) is 44.2 Å². The van der Waals surface area contributed by atoms with Crippen LogP contribution in [0.5, 0.6) is 5.75 Å². The maximum absolute atomic E-state index is 6.03. The van der Waals surface area contributed by atoms with Gasteiger partial charge in [0.15, 0.2) is 5.96 Å². The number of aliphatic imine (C=N–C) groups is 1. The summed E-state index contributed by atoms with van der Waals surface area (Å²) in [4.78, 5) is 6.94. The molecule has 0 aromatic heterocycles. The molecule has 5 nitrogen and oxygen atoms in total. The number of likely N-dealkylation sites (tertiary alicyclic amines) is 1. The van der Waals surface area contributed by atoms with Gasteiger partial charge in [0.25, 0.3) is 0 Å². The van der Waals surface area contributed by atoms with Crippen LogP contribution in [0.2, 0.25) is 0 Å². The minimum atomic E-state index is 0. The molecule has 27 heavy (non-hydrogen) atoms. The van der Waals surface area contributed by atoms with E-state index in [2.05, 4.69) is 54.3 Å². The van der Waals surface area contributed by atoms with E-state index in [4.69, 9.17) is 4.74 Å². The van der Waals surface area contributed by atoms with Crippen LogP contribution in [0.1, 0.15) is 39.2 Å². The number of hydrogen-bond donors (Lipinski definition) is 2. The van der Waals surface area contributed by atoms with E-state index in [0.29, 0.717) is 6.04 Å².